The van der Waals surface area contributed by atoms with E-state index in [1.807, 2.05) is 0 Å². The Morgan fingerprint density at radius 2 is 0.588 bits per heavy atom. The van der Waals surface area contributed by atoms with Crippen molar-refractivity contribution in [2.75, 3.05) is 12.3 Å². The van der Waals surface area contributed by atoms with E-state index in [2.05, 4.69) is 121 Å². The van der Waals surface area contributed by atoms with Gasteiger partial charge in [-0.2, -0.15) is 0 Å². The molecule has 0 radical (unpaired) electrons. The SMILES string of the molecule is F[B-](F)(F)F.[Ni].c1ccc(P(CCP(c2ccccc2)c2ccccc2)c2ccccc2)cc1. The average molecular weight is 544 g/mol. The van der Waals surface area contributed by atoms with Crippen LogP contribution in [0.3, 0.4) is 0 Å². The molecule has 0 nitrogen and oxygen atoms in total. The van der Waals surface area contributed by atoms with Gasteiger partial charge < -0.3 is 17.3 Å². The second-order valence-corrected chi connectivity index (χ2v) is 11.8. The van der Waals surface area contributed by atoms with Crippen LogP contribution in [0, 0.1) is 0 Å². The number of halogens is 4. The topological polar surface area (TPSA) is 0 Å². The second kappa shape index (κ2) is 14.4. The van der Waals surface area contributed by atoms with E-state index in [9.17, 15) is 17.3 Å². The van der Waals surface area contributed by atoms with Crippen molar-refractivity contribution in [3.63, 3.8) is 0 Å². The van der Waals surface area contributed by atoms with E-state index in [1.54, 1.807) is 0 Å². The van der Waals surface area contributed by atoms with Crippen LogP contribution in [0.15, 0.2) is 121 Å². The van der Waals surface area contributed by atoms with Gasteiger partial charge >= 0.3 is 7.25 Å². The molecule has 0 aliphatic heterocycles. The minimum Gasteiger partial charge on any atom is -0.418 e. The Morgan fingerprint density at radius 1 is 0.412 bits per heavy atom. The molecule has 0 fully saturated rings. The Morgan fingerprint density at radius 3 is 0.765 bits per heavy atom. The van der Waals surface area contributed by atoms with E-state index >= 15 is 0 Å². The van der Waals surface area contributed by atoms with Gasteiger partial charge in [0.25, 0.3) is 0 Å². The standard InChI is InChI=1S/C26H24P2.BF4.Ni/c1-5-13-23(14-6-1)27(24-15-7-2-8-16-24)21-22-28(25-17-9-3-10-18-25)26-19-11-4-12-20-26;2-1(3,4)5;/h1-20H,21-22H2;;/q;-1;. The van der Waals surface area contributed by atoms with E-state index in [4.69, 9.17) is 0 Å². The van der Waals surface area contributed by atoms with E-state index in [-0.39, 0.29) is 32.3 Å². The zero-order valence-corrected chi connectivity index (χ0v) is 21.0. The van der Waals surface area contributed by atoms with Gasteiger partial charge in [-0.25, -0.2) is 0 Å². The molecule has 0 unspecified atom stereocenters. The summed E-state index contributed by atoms with van der Waals surface area (Å²) in [6.45, 7) is 0. The Bertz CT molecular complexity index is 901. The predicted octanol–water partition coefficient (Wildman–Crippen LogP) is 6.55. The fourth-order valence-electron chi connectivity index (χ4n) is 3.45. The Hall–Kier alpha value is -1.98. The zero-order chi connectivity index (χ0) is 23.5. The van der Waals surface area contributed by atoms with Crippen LogP contribution in [0.1, 0.15) is 0 Å². The molecule has 4 aromatic rings. The van der Waals surface area contributed by atoms with Gasteiger partial charge in [-0.3, -0.25) is 0 Å². The van der Waals surface area contributed by atoms with Crippen molar-refractivity contribution in [3.05, 3.63) is 121 Å². The fraction of sp³-hybridized carbons (Fsp3) is 0.0769. The predicted molar refractivity (Wildman–Crippen MR) is 138 cm³/mol. The minimum atomic E-state index is -6.00. The van der Waals surface area contributed by atoms with E-state index in [0.717, 1.165) is 0 Å². The first-order valence-electron chi connectivity index (χ1n) is 10.5. The van der Waals surface area contributed by atoms with Gasteiger partial charge in [0.1, 0.15) is 0 Å². The van der Waals surface area contributed by atoms with E-state index in [0.29, 0.717) is 0 Å². The maximum absolute atomic E-state index is 9.75. The van der Waals surface area contributed by atoms with Crippen LogP contribution in [-0.2, 0) is 16.5 Å². The third-order valence-corrected chi connectivity index (χ3v) is 10.2. The first-order valence-corrected chi connectivity index (χ1v) is 13.6. The summed E-state index contributed by atoms with van der Waals surface area (Å²) < 4.78 is 39.0. The summed E-state index contributed by atoms with van der Waals surface area (Å²) in [6.07, 6.45) is 2.41. The molecule has 0 heterocycles. The van der Waals surface area contributed by atoms with Gasteiger partial charge in [-0.1, -0.05) is 121 Å². The molecule has 0 N–H and O–H groups in total. The monoisotopic (exact) mass is 543 g/mol. The van der Waals surface area contributed by atoms with Crippen LogP contribution in [0.5, 0.6) is 0 Å². The molecule has 8 heteroatoms. The minimum absolute atomic E-state index is 0. The van der Waals surface area contributed by atoms with Gasteiger partial charge in [0.2, 0.25) is 0 Å². The largest absolute Gasteiger partial charge is 0.673 e. The first-order chi connectivity index (χ1) is 15.9. The van der Waals surface area contributed by atoms with E-state index < -0.39 is 7.25 Å². The second-order valence-electron chi connectivity index (χ2n) is 7.14. The van der Waals surface area contributed by atoms with Crippen LogP contribution in [0.25, 0.3) is 0 Å². The van der Waals surface area contributed by atoms with Crippen LogP contribution in [0.2, 0.25) is 0 Å². The van der Waals surface area contributed by atoms with Crippen LogP contribution in [0.4, 0.5) is 17.3 Å². The van der Waals surface area contributed by atoms with E-state index in [1.165, 1.54) is 33.5 Å². The van der Waals surface area contributed by atoms with Crippen molar-refractivity contribution in [3.8, 4) is 0 Å². The molecule has 0 saturated carbocycles. The maximum atomic E-state index is 9.75. The maximum Gasteiger partial charge on any atom is 0.673 e. The molecule has 0 amide bonds. The van der Waals surface area contributed by atoms with Gasteiger partial charge in [0, 0.05) is 16.5 Å². The Balaban J connectivity index is 0.000000619. The Labute approximate surface area is 211 Å². The molecule has 4 aromatic carbocycles. The summed E-state index contributed by atoms with van der Waals surface area (Å²) in [5.74, 6) is 0. The normalized spacial score (nSPS) is 10.9. The average Bonchev–Trinajstić information content (AvgIpc) is 2.83. The summed E-state index contributed by atoms with van der Waals surface area (Å²) >= 11 is 0. The number of benzene rings is 4. The molecule has 0 aromatic heterocycles. The van der Waals surface area contributed by atoms with Crippen molar-refractivity contribution in [2.45, 2.75) is 0 Å². The number of rotatable bonds is 7. The molecule has 0 spiro atoms. The Kier molecular flexibility index (Phi) is 12.0. The zero-order valence-electron chi connectivity index (χ0n) is 18.3. The smallest absolute Gasteiger partial charge is 0.418 e. The molecule has 34 heavy (non-hydrogen) atoms. The van der Waals surface area contributed by atoms with Gasteiger partial charge in [0.05, 0.1) is 0 Å². The summed E-state index contributed by atoms with van der Waals surface area (Å²) in [4.78, 5) is 0. The summed E-state index contributed by atoms with van der Waals surface area (Å²) in [5.41, 5.74) is 0. The molecule has 4 rings (SSSR count). The van der Waals surface area contributed by atoms with Crippen LogP contribution in [-0.4, -0.2) is 19.6 Å². The molecular weight excluding hydrogens is 520 g/mol. The first kappa shape index (κ1) is 28.3. The van der Waals surface area contributed by atoms with Crippen molar-refractivity contribution < 1.29 is 33.8 Å². The molecule has 0 saturated heterocycles. The van der Waals surface area contributed by atoms with Crippen LogP contribution < -0.4 is 21.2 Å². The van der Waals surface area contributed by atoms with Crippen molar-refractivity contribution in [2.24, 2.45) is 0 Å². The van der Waals surface area contributed by atoms with Crippen LogP contribution >= 0.6 is 15.8 Å². The van der Waals surface area contributed by atoms with Crippen molar-refractivity contribution >= 4 is 44.3 Å². The molecule has 0 bridgehead atoms. The van der Waals surface area contributed by atoms with Gasteiger partial charge in [0.15, 0.2) is 0 Å². The number of hydrogen-bond acceptors (Lipinski definition) is 0. The summed E-state index contributed by atoms with van der Waals surface area (Å²) in [5, 5.41) is 5.89. The van der Waals surface area contributed by atoms with Crippen molar-refractivity contribution in [1.82, 2.24) is 0 Å². The molecule has 0 aliphatic carbocycles. The van der Waals surface area contributed by atoms with Gasteiger partial charge in [-0.05, 0) is 49.4 Å². The summed E-state index contributed by atoms with van der Waals surface area (Å²) in [6, 6.07) is 44.2. The van der Waals surface area contributed by atoms with Crippen molar-refractivity contribution in [1.29, 1.82) is 0 Å². The number of hydrogen-bond donors (Lipinski definition) is 0. The molecule has 0 atom stereocenters. The quantitative estimate of drug-likeness (QED) is 0.141. The third-order valence-electron chi connectivity index (χ3n) is 4.82. The molecule has 0 aliphatic rings. The molecule has 180 valence electrons. The third kappa shape index (κ3) is 9.71. The summed E-state index contributed by atoms with van der Waals surface area (Å²) in [7, 11) is -6.70. The molecular formula is C26H24BF4NiP2-. The van der Waals surface area contributed by atoms with Gasteiger partial charge in [-0.15, -0.1) is 0 Å². The fourth-order valence-corrected chi connectivity index (χ4v) is 8.80.